The zero-order valence-electron chi connectivity index (χ0n) is 18.0. The Hall–Kier alpha value is -1.89. The molecule has 0 spiro atoms. The summed E-state index contributed by atoms with van der Waals surface area (Å²) in [5.74, 6) is -3.00. The van der Waals surface area contributed by atoms with Crippen molar-refractivity contribution in [2.45, 2.75) is 47.1 Å². The maximum atomic E-state index is 13.1. The van der Waals surface area contributed by atoms with Gasteiger partial charge in [-0.3, -0.25) is 9.79 Å². The van der Waals surface area contributed by atoms with Gasteiger partial charge in [0.05, 0.1) is 28.9 Å². The number of rotatable bonds is 9. The molecule has 1 N–H and O–H groups in total. The molecule has 0 amide bonds. The predicted molar refractivity (Wildman–Crippen MR) is 119 cm³/mol. The van der Waals surface area contributed by atoms with Gasteiger partial charge in [0.1, 0.15) is 12.0 Å². The van der Waals surface area contributed by atoms with Crippen LogP contribution in [0.15, 0.2) is 50.6 Å². The van der Waals surface area contributed by atoms with Gasteiger partial charge in [0.25, 0.3) is 0 Å². The highest BCUT2D eigenvalue weighted by Gasteiger charge is 2.44. The summed E-state index contributed by atoms with van der Waals surface area (Å²) in [6.07, 6.45) is 2.81. The molecule has 8 heteroatoms. The zero-order chi connectivity index (χ0) is 23.0. The first-order valence-corrected chi connectivity index (χ1v) is 10.5. The zero-order valence-corrected chi connectivity index (χ0v) is 19.5. The summed E-state index contributed by atoms with van der Waals surface area (Å²) < 4.78 is 10.7. The summed E-state index contributed by atoms with van der Waals surface area (Å²) in [6, 6.07) is 0. The number of nitrogens with zero attached hydrogens (tertiary/aromatic N) is 1. The molecule has 1 heterocycles. The Morgan fingerprint density at radius 2 is 1.90 bits per heavy atom. The standard InChI is InChI=1S/C22H29Cl2NO5/c1-7-14(11-26)30-22(28)18-13(6)25-12(5)17(21(27)29-10-4)19(18)15(8-2)20(24)16(23)9-3/h8-9,14,17,19,26H,2,7,10-11H2,1,3-6H3. The fraction of sp³-hybridized carbons (Fsp3) is 0.500. The van der Waals surface area contributed by atoms with Crippen molar-refractivity contribution in [3.63, 3.8) is 0 Å². The molecule has 1 rings (SSSR count). The second-order valence-corrected chi connectivity index (χ2v) is 7.47. The van der Waals surface area contributed by atoms with E-state index in [9.17, 15) is 14.7 Å². The molecule has 1 aliphatic heterocycles. The summed E-state index contributed by atoms with van der Waals surface area (Å²) in [6.45, 7) is 12.2. The van der Waals surface area contributed by atoms with Crippen molar-refractivity contribution in [2.24, 2.45) is 16.8 Å². The van der Waals surface area contributed by atoms with Crippen LogP contribution in [0.25, 0.3) is 0 Å². The normalized spacial score (nSPS) is 21.5. The average molecular weight is 458 g/mol. The van der Waals surface area contributed by atoms with E-state index in [1.54, 1.807) is 40.7 Å². The van der Waals surface area contributed by atoms with Crippen molar-refractivity contribution >= 4 is 40.9 Å². The molecule has 30 heavy (non-hydrogen) atoms. The molecule has 0 radical (unpaired) electrons. The lowest BCUT2D eigenvalue weighted by molar-refractivity contribution is -0.148. The maximum Gasteiger partial charge on any atom is 0.336 e. The second kappa shape index (κ2) is 12.1. The van der Waals surface area contributed by atoms with E-state index in [1.165, 1.54) is 6.08 Å². The molecule has 3 unspecified atom stereocenters. The Morgan fingerprint density at radius 1 is 1.27 bits per heavy atom. The van der Waals surface area contributed by atoms with Gasteiger partial charge >= 0.3 is 11.9 Å². The monoisotopic (exact) mass is 457 g/mol. The molecule has 6 nitrogen and oxygen atoms in total. The van der Waals surface area contributed by atoms with E-state index in [4.69, 9.17) is 32.7 Å². The van der Waals surface area contributed by atoms with Crippen molar-refractivity contribution in [3.05, 3.63) is 45.6 Å². The van der Waals surface area contributed by atoms with Gasteiger partial charge in [0.2, 0.25) is 0 Å². The van der Waals surface area contributed by atoms with Gasteiger partial charge in [-0.25, -0.2) is 4.79 Å². The number of ether oxygens (including phenoxy) is 2. The van der Waals surface area contributed by atoms with Crippen LogP contribution in [0.4, 0.5) is 0 Å². The smallest absolute Gasteiger partial charge is 0.336 e. The Labute approximate surface area is 187 Å². The number of hydrogen-bond acceptors (Lipinski definition) is 6. The molecule has 3 atom stereocenters. The Balaban J connectivity index is 3.75. The minimum atomic E-state index is -0.909. The summed E-state index contributed by atoms with van der Waals surface area (Å²) in [7, 11) is 0. The summed E-state index contributed by atoms with van der Waals surface area (Å²) in [5, 5.41) is 9.85. The highest BCUT2D eigenvalue weighted by molar-refractivity contribution is 6.44. The van der Waals surface area contributed by atoms with Crippen molar-refractivity contribution in [1.29, 1.82) is 0 Å². The van der Waals surface area contributed by atoms with E-state index >= 15 is 0 Å². The molecular formula is C22H29Cl2NO5. The molecule has 0 aromatic heterocycles. The van der Waals surface area contributed by atoms with Crippen LogP contribution in [-0.4, -0.2) is 42.1 Å². The van der Waals surface area contributed by atoms with E-state index in [0.717, 1.165) is 0 Å². The second-order valence-electron chi connectivity index (χ2n) is 6.69. The van der Waals surface area contributed by atoms with Crippen LogP contribution < -0.4 is 0 Å². The van der Waals surface area contributed by atoms with Gasteiger partial charge in [-0.1, -0.05) is 48.9 Å². The minimum Gasteiger partial charge on any atom is -0.465 e. The quantitative estimate of drug-likeness (QED) is 0.401. The molecule has 0 bridgehead atoms. The predicted octanol–water partition coefficient (Wildman–Crippen LogP) is 4.67. The van der Waals surface area contributed by atoms with Crippen LogP contribution in [0, 0.1) is 11.8 Å². The third kappa shape index (κ3) is 5.84. The first-order valence-electron chi connectivity index (χ1n) is 9.76. The lowest BCUT2D eigenvalue weighted by Gasteiger charge is -2.33. The maximum absolute atomic E-state index is 13.1. The number of aliphatic hydroxyl groups is 1. The number of esters is 2. The summed E-state index contributed by atoms with van der Waals surface area (Å²) in [4.78, 5) is 30.4. The topological polar surface area (TPSA) is 85.2 Å². The van der Waals surface area contributed by atoms with Gasteiger partial charge in [-0.2, -0.15) is 0 Å². The van der Waals surface area contributed by atoms with Crippen LogP contribution in [-0.2, 0) is 19.1 Å². The van der Waals surface area contributed by atoms with Crippen molar-refractivity contribution in [1.82, 2.24) is 0 Å². The highest BCUT2D eigenvalue weighted by Crippen LogP contribution is 2.41. The number of allylic oxidation sites excluding steroid dienone is 6. The van der Waals surface area contributed by atoms with Crippen LogP contribution in [0.5, 0.6) is 0 Å². The average Bonchev–Trinajstić information content (AvgIpc) is 2.71. The molecule has 1 aliphatic rings. The molecular weight excluding hydrogens is 429 g/mol. The number of halogens is 2. The van der Waals surface area contributed by atoms with Gasteiger partial charge in [-0.15, -0.1) is 0 Å². The third-order valence-corrected chi connectivity index (χ3v) is 5.72. The van der Waals surface area contributed by atoms with E-state index in [-0.39, 0.29) is 28.9 Å². The Bertz CT molecular complexity index is 806. The van der Waals surface area contributed by atoms with Crippen LogP contribution in [0.3, 0.4) is 0 Å². The Morgan fingerprint density at radius 3 is 2.37 bits per heavy atom. The largest absolute Gasteiger partial charge is 0.465 e. The number of aliphatic imine (C=N–C) groups is 1. The summed E-state index contributed by atoms with van der Waals surface area (Å²) in [5.41, 5.74) is 1.40. The van der Waals surface area contributed by atoms with Crippen LogP contribution in [0.2, 0.25) is 0 Å². The summed E-state index contributed by atoms with van der Waals surface area (Å²) >= 11 is 12.7. The van der Waals surface area contributed by atoms with Gasteiger partial charge in [-0.05, 0) is 39.7 Å². The SMILES string of the molecule is C=CC(=C(Cl)C(Cl)=CC)C1C(C(=O)OC(CC)CO)=C(C)N=C(C)C1C(=O)OCC. The molecule has 0 saturated heterocycles. The Kier molecular flexibility index (Phi) is 10.5. The molecule has 166 valence electrons. The third-order valence-electron chi connectivity index (χ3n) is 4.79. The van der Waals surface area contributed by atoms with Crippen molar-refractivity contribution < 1.29 is 24.2 Å². The number of carbonyl (C=O) groups is 2. The molecule has 0 aliphatic carbocycles. The first kappa shape index (κ1) is 26.1. The van der Waals surface area contributed by atoms with Crippen LogP contribution in [0.1, 0.15) is 41.0 Å². The number of hydrogen-bond donors (Lipinski definition) is 1. The van der Waals surface area contributed by atoms with E-state index < -0.39 is 29.9 Å². The highest BCUT2D eigenvalue weighted by atomic mass is 35.5. The fourth-order valence-corrected chi connectivity index (χ4v) is 3.67. The lowest BCUT2D eigenvalue weighted by atomic mass is 9.75. The molecule has 0 saturated carbocycles. The van der Waals surface area contributed by atoms with Crippen LogP contribution >= 0.6 is 23.2 Å². The van der Waals surface area contributed by atoms with E-state index in [2.05, 4.69) is 11.6 Å². The first-order chi connectivity index (χ1) is 14.2. The van der Waals surface area contributed by atoms with Gasteiger partial charge < -0.3 is 14.6 Å². The number of carbonyl (C=O) groups excluding carboxylic acids is 2. The van der Waals surface area contributed by atoms with E-state index in [1.807, 2.05) is 0 Å². The molecule has 0 aromatic carbocycles. The number of aliphatic hydroxyl groups excluding tert-OH is 1. The van der Waals surface area contributed by atoms with E-state index in [0.29, 0.717) is 23.4 Å². The van der Waals surface area contributed by atoms with Crippen molar-refractivity contribution in [2.75, 3.05) is 13.2 Å². The van der Waals surface area contributed by atoms with Crippen molar-refractivity contribution in [3.8, 4) is 0 Å². The minimum absolute atomic E-state index is 0.152. The fourth-order valence-electron chi connectivity index (χ4n) is 3.26. The molecule has 0 aromatic rings. The van der Waals surface area contributed by atoms with Gasteiger partial charge in [0.15, 0.2) is 0 Å². The lowest BCUT2D eigenvalue weighted by Crippen LogP contribution is -2.39. The molecule has 0 fully saturated rings. The van der Waals surface area contributed by atoms with Gasteiger partial charge in [0, 0.05) is 17.3 Å².